The van der Waals surface area contributed by atoms with Gasteiger partial charge >= 0.3 is 0 Å². The monoisotopic (exact) mass is 249 g/mol. The Bertz CT molecular complexity index is 349. The van der Waals surface area contributed by atoms with Crippen molar-refractivity contribution in [2.75, 3.05) is 0 Å². The zero-order valence-electron chi connectivity index (χ0n) is 6.14. The Kier molecular flexibility index (Phi) is 2.87. The minimum Gasteiger partial charge on any atom is -0.227 e. The summed E-state index contributed by atoms with van der Waals surface area (Å²) >= 11 is 2.99. The molecule has 1 rings (SSSR count). The van der Waals surface area contributed by atoms with Crippen molar-refractivity contribution in [2.45, 2.75) is 4.16 Å². The van der Waals surface area contributed by atoms with Crippen molar-refractivity contribution in [1.29, 1.82) is 0 Å². The van der Waals surface area contributed by atoms with E-state index in [1.807, 2.05) is 6.07 Å². The summed E-state index contributed by atoms with van der Waals surface area (Å²) in [5.41, 5.74) is 0.639. The predicted octanol–water partition coefficient (Wildman–Crippen LogP) is 1.37. The Balaban J connectivity index is 3.02. The third-order valence-electron chi connectivity index (χ3n) is 1.35. The quantitative estimate of drug-likeness (QED) is 0.806. The fourth-order valence-electron chi connectivity index (χ4n) is 0.794. The topological polar surface area (TPSA) is 60.2 Å². The van der Waals surface area contributed by atoms with E-state index in [-0.39, 0.29) is 0 Å². The van der Waals surface area contributed by atoms with Gasteiger partial charge in [-0.05, 0) is 5.56 Å². The summed E-state index contributed by atoms with van der Waals surface area (Å²) in [5.74, 6) is 0. The van der Waals surface area contributed by atoms with E-state index in [1.54, 1.807) is 24.3 Å². The summed E-state index contributed by atoms with van der Waals surface area (Å²) in [6.07, 6.45) is 0. The van der Waals surface area contributed by atoms with Gasteiger partial charge in [0.25, 0.3) is 0 Å². The highest BCUT2D eigenvalue weighted by molar-refractivity contribution is 9.10. The number of sulfonamides is 1. The van der Waals surface area contributed by atoms with E-state index in [9.17, 15) is 8.42 Å². The number of hydrogen-bond donors (Lipinski definition) is 1. The van der Waals surface area contributed by atoms with Gasteiger partial charge in [-0.15, -0.1) is 0 Å². The van der Waals surface area contributed by atoms with Crippen LogP contribution in [0.3, 0.4) is 0 Å². The molecule has 1 atom stereocenters. The minimum absolute atomic E-state index is 0.639. The van der Waals surface area contributed by atoms with Crippen LogP contribution in [-0.2, 0) is 10.0 Å². The molecule has 1 unspecified atom stereocenters. The van der Waals surface area contributed by atoms with Crippen molar-refractivity contribution in [3.63, 3.8) is 0 Å². The van der Waals surface area contributed by atoms with E-state index in [0.29, 0.717) is 5.56 Å². The Labute approximate surface area is 79.8 Å². The highest BCUT2D eigenvalue weighted by atomic mass is 79.9. The first kappa shape index (κ1) is 9.70. The maximum absolute atomic E-state index is 10.9. The Morgan fingerprint density at radius 3 is 2.17 bits per heavy atom. The maximum atomic E-state index is 10.9. The molecule has 1 aromatic rings. The van der Waals surface area contributed by atoms with Gasteiger partial charge in [0.1, 0.15) is 0 Å². The molecular weight excluding hydrogens is 242 g/mol. The van der Waals surface area contributed by atoms with Crippen LogP contribution in [0.25, 0.3) is 0 Å². The molecule has 0 aromatic heterocycles. The van der Waals surface area contributed by atoms with Crippen LogP contribution in [-0.4, -0.2) is 8.42 Å². The number of nitrogens with two attached hydrogens (primary N) is 1. The molecule has 0 radical (unpaired) electrons. The number of hydrogen-bond acceptors (Lipinski definition) is 2. The Morgan fingerprint density at radius 2 is 1.75 bits per heavy atom. The average Bonchev–Trinajstić information content (AvgIpc) is 2.03. The van der Waals surface area contributed by atoms with E-state index in [0.717, 1.165) is 0 Å². The summed E-state index contributed by atoms with van der Waals surface area (Å²) in [6, 6.07) is 8.73. The van der Waals surface area contributed by atoms with Gasteiger partial charge in [0.05, 0.1) is 0 Å². The molecular formula is C7H8BrNO2S. The zero-order valence-corrected chi connectivity index (χ0v) is 8.55. The molecule has 66 valence electrons. The summed E-state index contributed by atoms with van der Waals surface area (Å²) in [5, 5.41) is 4.94. The second-order valence-corrected chi connectivity index (χ2v) is 5.49. The molecule has 0 bridgehead atoms. The first-order valence-electron chi connectivity index (χ1n) is 3.22. The van der Waals surface area contributed by atoms with Crippen LogP contribution in [0.4, 0.5) is 0 Å². The lowest BCUT2D eigenvalue weighted by Gasteiger charge is -2.06. The van der Waals surface area contributed by atoms with E-state index >= 15 is 0 Å². The van der Waals surface area contributed by atoms with Crippen molar-refractivity contribution < 1.29 is 8.42 Å². The van der Waals surface area contributed by atoms with Crippen LogP contribution in [0.1, 0.15) is 9.72 Å². The lowest BCUT2D eigenvalue weighted by Crippen LogP contribution is -2.17. The van der Waals surface area contributed by atoms with Crippen molar-refractivity contribution in [1.82, 2.24) is 0 Å². The van der Waals surface area contributed by atoms with E-state index in [1.165, 1.54) is 0 Å². The van der Waals surface area contributed by atoms with Gasteiger partial charge in [-0.1, -0.05) is 46.3 Å². The van der Waals surface area contributed by atoms with Crippen molar-refractivity contribution in [3.05, 3.63) is 35.9 Å². The summed E-state index contributed by atoms with van der Waals surface area (Å²) in [7, 11) is -3.54. The molecule has 0 fully saturated rings. The molecule has 0 saturated heterocycles. The first-order chi connectivity index (χ1) is 5.52. The molecule has 0 spiro atoms. The van der Waals surface area contributed by atoms with Crippen LogP contribution < -0.4 is 5.14 Å². The molecule has 3 nitrogen and oxygen atoms in total. The van der Waals surface area contributed by atoms with Crippen LogP contribution in [0.5, 0.6) is 0 Å². The number of benzene rings is 1. The standard InChI is InChI=1S/C7H8BrNO2S/c8-7(12(9,10)11)6-4-2-1-3-5-6/h1-5,7H,(H2,9,10,11). The first-order valence-corrected chi connectivity index (χ1v) is 5.75. The van der Waals surface area contributed by atoms with Crippen molar-refractivity contribution in [3.8, 4) is 0 Å². The lowest BCUT2D eigenvalue weighted by molar-refractivity contribution is 0.596. The number of alkyl halides is 1. The lowest BCUT2D eigenvalue weighted by atomic mass is 10.2. The van der Waals surface area contributed by atoms with E-state index in [4.69, 9.17) is 5.14 Å². The molecule has 12 heavy (non-hydrogen) atoms. The molecule has 5 heteroatoms. The maximum Gasteiger partial charge on any atom is 0.226 e. The fraction of sp³-hybridized carbons (Fsp3) is 0.143. The highest BCUT2D eigenvalue weighted by Gasteiger charge is 2.18. The predicted molar refractivity (Wildman–Crippen MR) is 51.2 cm³/mol. The molecule has 0 aliphatic rings. The molecule has 0 saturated carbocycles. The van der Waals surface area contributed by atoms with E-state index in [2.05, 4.69) is 15.9 Å². The second kappa shape index (κ2) is 3.55. The van der Waals surface area contributed by atoms with Gasteiger partial charge in [0, 0.05) is 0 Å². The van der Waals surface area contributed by atoms with Gasteiger partial charge < -0.3 is 0 Å². The van der Waals surface area contributed by atoms with Crippen LogP contribution in [0, 0.1) is 0 Å². The number of primary sulfonamides is 1. The van der Waals surface area contributed by atoms with Gasteiger partial charge in [0.2, 0.25) is 10.0 Å². The van der Waals surface area contributed by atoms with Crippen LogP contribution in [0.15, 0.2) is 30.3 Å². The molecule has 2 N–H and O–H groups in total. The highest BCUT2D eigenvalue weighted by Crippen LogP contribution is 2.25. The van der Waals surface area contributed by atoms with E-state index < -0.39 is 14.2 Å². The van der Waals surface area contributed by atoms with Gasteiger partial charge in [-0.25, -0.2) is 13.6 Å². The fourth-order valence-corrected chi connectivity index (χ4v) is 1.64. The largest absolute Gasteiger partial charge is 0.227 e. The van der Waals surface area contributed by atoms with Crippen LogP contribution >= 0.6 is 15.9 Å². The average molecular weight is 250 g/mol. The summed E-state index contributed by atoms with van der Waals surface area (Å²) in [6.45, 7) is 0. The van der Waals surface area contributed by atoms with Crippen LogP contribution in [0.2, 0.25) is 0 Å². The second-order valence-electron chi connectivity index (χ2n) is 2.32. The third kappa shape index (κ3) is 2.30. The molecule has 1 aromatic carbocycles. The summed E-state index contributed by atoms with van der Waals surface area (Å²) < 4.78 is 20.9. The molecule has 0 amide bonds. The SMILES string of the molecule is NS(=O)(=O)C(Br)c1ccccc1. The normalized spacial score (nSPS) is 14.2. The van der Waals surface area contributed by atoms with Crippen molar-refractivity contribution in [2.24, 2.45) is 5.14 Å². The number of rotatable bonds is 2. The number of halogens is 1. The minimum atomic E-state index is -3.54. The molecule has 0 aliphatic heterocycles. The van der Waals surface area contributed by atoms with Gasteiger partial charge in [-0.2, -0.15) is 0 Å². The summed E-state index contributed by atoms with van der Waals surface area (Å²) in [4.78, 5) is 0. The molecule has 0 heterocycles. The Morgan fingerprint density at radius 1 is 1.25 bits per heavy atom. The van der Waals surface area contributed by atoms with Gasteiger partial charge in [0.15, 0.2) is 4.16 Å². The van der Waals surface area contributed by atoms with Gasteiger partial charge in [-0.3, -0.25) is 0 Å². The van der Waals surface area contributed by atoms with Crippen molar-refractivity contribution >= 4 is 26.0 Å². The molecule has 0 aliphatic carbocycles. The third-order valence-corrected chi connectivity index (χ3v) is 4.29. The zero-order chi connectivity index (χ0) is 9.19. The smallest absolute Gasteiger partial charge is 0.226 e. The Hall–Kier alpha value is -0.390.